The van der Waals surface area contributed by atoms with Gasteiger partial charge in [0.25, 0.3) is 5.91 Å². The van der Waals surface area contributed by atoms with Crippen molar-refractivity contribution < 1.29 is 18.9 Å². The number of amides is 1. The van der Waals surface area contributed by atoms with Crippen LogP contribution >= 0.6 is 0 Å². The first-order valence-corrected chi connectivity index (χ1v) is 7.70. The van der Waals surface area contributed by atoms with Gasteiger partial charge in [0.2, 0.25) is 5.75 Å². The monoisotopic (exact) mass is 352 g/mol. The second-order valence-electron chi connectivity index (χ2n) is 5.94. The second kappa shape index (κ2) is 5.69. The predicted molar refractivity (Wildman–Crippen MR) is 91.5 cm³/mol. The van der Waals surface area contributed by atoms with Crippen molar-refractivity contribution in [3.63, 3.8) is 0 Å². The maximum Gasteiger partial charge on any atom is 0.315 e. The van der Waals surface area contributed by atoms with Crippen LogP contribution < -0.4 is 10.2 Å². The number of carbonyl (C=O) groups is 1. The Bertz CT molecular complexity index is 1130. The molecule has 0 atom stereocenters. The number of nitro benzene ring substituents is 1. The fourth-order valence-corrected chi connectivity index (χ4v) is 2.94. The highest BCUT2D eigenvalue weighted by molar-refractivity contribution is 5.98. The summed E-state index contributed by atoms with van der Waals surface area (Å²) in [7, 11) is 1.69. The number of nitrogens with zero attached hydrogens (tertiary/aromatic N) is 2. The third-order valence-electron chi connectivity index (χ3n) is 4.23. The van der Waals surface area contributed by atoms with Crippen LogP contribution in [-0.4, -0.2) is 22.8 Å². The van der Waals surface area contributed by atoms with E-state index < -0.39 is 4.92 Å². The van der Waals surface area contributed by atoms with E-state index in [4.69, 9.17) is 9.15 Å². The molecule has 130 valence electrons. The molecule has 0 fully saturated rings. The molecule has 4 rings (SSSR count). The summed E-state index contributed by atoms with van der Waals surface area (Å²) >= 11 is 0. The third kappa shape index (κ3) is 2.48. The van der Waals surface area contributed by atoms with E-state index in [0.717, 1.165) is 11.6 Å². The number of fused-ring (bicyclic) bond motifs is 2. The lowest BCUT2D eigenvalue weighted by molar-refractivity contribution is -0.385. The number of rotatable bonds is 3. The molecule has 1 aliphatic heterocycles. The molecule has 8 nitrogen and oxygen atoms in total. The van der Waals surface area contributed by atoms with Gasteiger partial charge in [0.1, 0.15) is 11.3 Å². The Morgan fingerprint density at radius 3 is 2.77 bits per heavy atom. The predicted octanol–water partition coefficient (Wildman–Crippen LogP) is 3.08. The third-order valence-corrected chi connectivity index (χ3v) is 4.23. The van der Waals surface area contributed by atoms with E-state index in [2.05, 4.69) is 0 Å². The van der Waals surface area contributed by atoms with Crippen molar-refractivity contribution in [2.45, 2.75) is 6.54 Å². The van der Waals surface area contributed by atoms with Gasteiger partial charge in [-0.05, 0) is 17.7 Å². The summed E-state index contributed by atoms with van der Waals surface area (Å²) in [5.41, 5.74) is 0.779. The molecule has 0 aliphatic carbocycles. The fourth-order valence-electron chi connectivity index (χ4n) is 2.94. The van der Waals surface area contributed by atoms with E-state index in [1.165, 1.54) is 18.4 Å². The lowest BCUT2D eigenvalue weighted by Crippen LogP contribution is -2.17. The number of carbonyl (C=O) groups excluding carboxylic acids is 1. The molecule has 0 bridgehead atoms. The van der Waals surface area contributed by atoms with Crippen LogP contribution in [0, 0.1) is 10.1 Å². The molecule has 0 N–H and O–H groups in total. The Morgan fingerprint density at radius 1 is 1.19 bits per heavy atom. The molecule has 1 aromatic heterocycles. The number of hydrogen-bond acceptors (Lipinski definition) is 6. The van der Waals surface area contributed by atoms with Gasteiger partial charge in [0, 0.05) is 31.3 Å². The van der Waals surface area contributed by atoms with Gasteiger partial charge in [-0.1, -0.05) is 6.07 Å². The normalized spacial score (nSPS) is 13.1. The van der Waals surface area contributed by atoms with Crippen LogP contribution in [0.5, 0.6) is 11.5 Å². The molecular formula is C18H12N2O6. The minimum Gasteiger partial charge on any atom is -0.464 e. The van der Waals surface area contributed by atoms with Gasteiger partial charge < -0.3 is 14.1 Å². The highest BCUT2D eigenvalue weighted by atomic mass is 16.6. The topological polar surface area (TPSA) is 103 Å². The molecule has 3 aromatic rings. The molecular weight excluding hydrogens is 340 g/mol. The van der Waals surface area contributed by atoms with Gasteiger partial charge >= 0.3 is 5.69 Å². The first-order chi connectivity index (χ1) is 12.4. The Balaban J connectivity index is 1.81. The zero-order chi connectivity index (χ0) is 18.4. The molecule has 26 heavy (non-hydrogen) atoms. The standard InChI is InChI=1S/C18H12N2O6/c1-19-9-10-2-3-11(6-12(10)18(19)22)26-17-7-13-15(21)4-5-25-16(13)8-14(17)20(23)24/h2-8H,9H2,1H3. The van der Waals surface area contributed by atoms with Gasteiger partial charge in [-0.3, -0.25) is 19.7 Å². The van der Waals surface area contributed by atoms with E-state index in [1.54, 1.807) is 30.1 Å². The minimum absolute atomic E-state index is 0.0975. The van der Waals surface area contributed by atoms with Crippen molar-refractivity contribution in [2.24, 2.45) is 0 Å². The molecule has 1 aliphatic rings. The van der Waals surface area contributed by atoms with Crippen molar-refractivity contribution in [3.8, 4) is 11.5 Å². The van der Waals surface area contributed by atoms with Gasteiger partial charge in [-0.25, -0.2) is 0 Å². The van der Waals surface area contributed by atoms with Crippen molar-refractivity contribution in [2.75, 3.05) is 7.05 Å². The summed E-state index contributed by atoms with van der Waals surface area (Å²) in [6, 6.07) is 8.57. The summed E-state index contributed by atoms with van der Waals surface area (Å²) in [5.74, 6) is 0.0361. The molecule has 2 aromatic carbocycles. The largest absolute Gasteiger partial charge is 0.464 e. The van der Waals surface area contributed by atoms with Crippen LogP contribution in [0.2, 0.25) is 0 Å². The maximum atomic E-state index is 12.1. The van der Waals surface area contributed by atoms with Gasteiger partial charge in [0.05, 0.1) is 22.6 Å². The first kappa shape index (κ1) is 15.8. The summed E-state index contributed by atoms with van der Waals surface area (Å²) in [4.78, 5) is 36.4. The number of ether oxygens (including phenoxy) is 1. The Morgan fingerprint density at radius 2 is 2.00 bits per heavy atom. The molecule has 1 amide bonds. The smallest absolute Gasteiger partial charge is 0.315 e. The van der Waals surface area contributed by atoms with Gasteiger partial charge in [-0.15, -0.1) is 0 Å². The van der Waals surface area contributed by atoms with E-state index in [9.17, 15) is 19.7 Å². The van der Waals surface area contributed by atoms with Crippen LogP contribution in [0.4, 0.5) is 5.69 Å². The number of benzene rings is 2. The molecule has 0 radical (unpaired) electrons. The van der Waals surface area contributed by atoms with Gasteiger partial charge in [-0.2, -0.15) is 0 Å². The van der Waals surface area contributed by atoms with E-state index in [-0.39, 0.29) is 39.5 Å². The summed E-state index contributed by atoms with van der Waals surface area (Å²) in [5, 5.41) is 11.5. The van der Waals surface area contributed by atoms with Crippen LogP contribution in [0.3, 0.4) is 0 Å². The average Bonchev–Trinajstić information content (AvgIpc) is 2.89. The van der Waals surface area contributed by atoms with E-state index in [0.29, 0.717) is 12.1 Å². The molecule has 0 saturated carbocycles. The molecule has 0 unspecified atom stereocenters. The van der Waals surface area contributed by atoms with Crippen molar-refractivity contribution in [1.82, 2.24) is 4.90 Å². The highest BCUT2D eigenvalue weighted by Gasteiger charge is 2.25. The fraction of sp³-hybridized carbons (Fsp3) is 0.111. The van der Waals surface area contributed by atoms with Crippen molar-refractivity contribution >= 4 is 22.6 Å². The minimum atomic E-state index is -0.617. The maximum absolute atomic E-state index is 12.1. The molecule has 2 heterocycles. The SMILES string of the molecule is CN1Cc2ccc(Oc3cc4c(=O)ccoc4cc3[N+](=O)[O-])cc2C1=O. The Hall–Kier alpha value is -3.68. The summed E-state index contributed by atoms with van der Waals surface area (Å²) < 4.78 is 10.8. The Labute approximate surface area is 146 Å². The van der Waals surface area contributed by atoms with Crippen LogP contribution in [0.15, 0.2) is 51.9 Å². The molecule has 8 heteroatoms. The van der Waals surface area contributed by atoms with Crippen LogP contribution in [-0.2, 0) is 6.54 Å². The van der Waals surface area contributed by atoms with Crippen molar-refractivity contribution in [1.29, 1.82) is 0 Å². The lowest BCUT2D eigenvalue weighted by Gasteiger charge is -2.08. The first-order valence-electron chi connectivity index (χ1n) is 7.70. The zero-order valence-corrected chi connectivity index (χ0v) is 13.6. The average molecular weight is 352 g/mol. The number of hydrogen-bond donors (Lipinski definition) is 0. The van der Waals surface area contributed by atoms with E-state index >= 15 is 0 Å². The van der Waals surface area contributed by atoms with Crippen molar-refractivity contribution in [3.05, 3.63) is 74.1 Å². The van der Waals surface area contributed by atoms with Crippen LogP contribution in [0.1, 0.15) is 15.9 Å². The molecule has 0 spiro atoms. The number of nitro groups is 1. The summed E-state index contributed by atoms with van der Waals surface area (Å²) in [6.45, 7) is 0.506. The Kier molecular flexibility index (Phi) is 3.47. The lowest BCUT2D eigenvalue weighted by atomic mass is 10.1. The molecule has 0 saturated heterocycles. The van der Waals surface area contributed by atoms with E-state index in [1.807, 2.05) is 0 Å². The quantitative estimate of drug-likeness (QED) is 0.530. The zero-order valence-electron chi connectivity index (χ0n) is 13.6. The second-order valence-corrected chi connectivity index (χ2v) is 5.94. The highest BCUT2D eigenvalue weighted by Crippen LogP contribution is 2.36. The van der Waals surface area contributed by atoms with Crippen LogP contribution in [0.25, 0.3) is 11.0 Å². The summed E-state index contributed by atoms with van der Waals surface area (Å²) in [6.07, 6.45) is 1.18. The van der Waals surface area contributed by atoms with Gasteiger partial charge in [0.15, 0.2) is 5.43 Å².